The minimum Gasteiger partial charge on any atom is -0.378 e. The van der Waals surface area contributed by atoms with Gasteiger partial charge in [-0.3, -0.25) is 5.10 Å². The zero-order chi connectivity index (χ0) is 18.9. The number of hydrogen-bond acceptors (Lipinski definition) is 9. The molecular formula is C18H23N9O. The largest absolute Gasteiger partial charge is 0.378 e. The normalized spacial score (nSPS) is 18.1. The maximum absolute atomic E-state index is 5.46. The van der Waals surface area contributed by atoms with E-state index in [1.165, 1.54) is 0 Å². The highest BCUT2D eigenvalue weighted by Crippen LogP contribution is 2.24. The van der Waals surface area contributed by atoms with Crippen molar-refractivity contribution in [1.29, 1.82) is 0 Å². The van der Waals surface area contributed by atoms with Crippen LogP contribution < -0.4 is 14.7 Å². The Kier molecular flexibility index (Phi) is 4.40. The number of piperazine rings is 1. The van der Waals surface area contributed by atoms with Gasteiger partial charge in [0.25, 0.3) is 0 Å². The number of H-pyrrole nitrogens is 1. The molecule has 0 unspecified atom stereocenters. The average molecular weight is 381 g/mol. The molecule has 146 valence electrons. The van der Waals surface area contributed by atoms with Crippen LogP contribution in [0.2, 0.25) is 0 Å². The van der Waals surface area contributed by atoms with Gasteiger partial charge in [0, 0.05) is 51.0 Å². The van der Waals surface area contributed by atoms with Crippen molar-refractivity contribution in [3.8, 4) is 0 Å². The van der Waals surface area contributed by atoms with Crippen LogP contribution in [-0.2, 0) is 4.74 Å². The Hall–Kier alpha value is -3.01. The summed E-state index contributed by atoms with van der Waals surface area (Å²) in [6.07, 6.45) is 3.37. The zero-order valence-corrected chi connectivity index (χ0v) is 15.9. The average Bonchev–Trinajstić information content (AvgIpc) is 3.23. The summed E-state index contributed by atoms with van der Waals surface area (Å²) in [5.41, 5.74) is 1.76. The van der Waals surface area contributed by atoms with Crippen LogP contribution in [-0.4, -0.2) is 82.6 Å². The second-order valence-electron chi connectivity index (χ2n) is 7.07. The van der Waals surface area contributed by atoms with Crippen LogP contribution in [0.5, 0.6) is 0 Å². The molecule has 0 spiro atoms. The summed E-state index contributed by atoms with van der Waals surface area (Å²) in [5.74, 6) is 2.72. The molecule has 10 nitrogen and oxygen atoms in total. The smallest absolute Gasteiger partial charge is 0.227 e. The van der Waals surface area contributed by atoms with Gasteiger partial charge < -0.3 is 19.4 Å². The minimum atomic E-state index is 0.748. The summed E-state index contributed by atoms with van der Waals surface area (Å²) in [6, 6.07) is 2.06. The number of rotatable bonds is 3. The summed E-state index contributed by atoms with van der Waals surface area (Å²) in [5, 5.41) is 7.95. The predicted octanol–water partition coefficient (Wildman–Crippen LogP) is 0.615. The lowest BCUT2D eigenvalue weighted by atomic mass is 10.3. The van der Waals surface area contributed by atoms with Crippen molar-refractivity contribution in [2.24, 2.45) is 0 Å². The van der Waals surface area contributed by atoms with Crippen LogP contribution in [0.15, 0.2) is 18.6 Å². The Bertz CT molecular complexity index is 961. The molecule has 5 heterocycles. The van der Waals surface area contributed by atoms with E-state index in [4.69, 9.17) is 9.72 Å². The first-order valence-electron chi connectivity index (χ1n) is 9.60. The number of aryl methyl sites for hydroxylation is 1. The van der Waals surface area contributed by atoms with Crippen molar-refractivity contribution in [3.63, 3.8) is 0 Å². The molecule has 0 aliphatic carbocycles. The number of ether oxygens (including phenoxy) is 1. The second-order valence-corrected chi connectivity index (χ2v) is 7.07. The van der Waals surface area contributed by atoms with Crippen molar-refractivity contribution in [1.82, 2.24) is 30.1 Å². The lowest BCUT2D eigenvalue weighted by Crippen LogP contribution is -2.47. The van der Waals surface area contributed by atoms with E-state index in [1.807, 2.05) is 6.92 Å². The third-order valence-corrected chi connectivity index (χ3v) is 5.25. The molecule has 2 fully saturated rings. The van der Waals surface area contributed by atoms with E-state index in [2.05, 4.69) is 45.9 Å². The van der Waals surface area contributed by atoms with Gasteiger partial charge in [-0.15, -0.1) is 0 Å². The molecule has 10 heteroatoms. The highest BCUT2D eigenvalue weighted by atomic mass is 16.5. The fourth-order valence-corrected chi connectivity index (χ4v) is 3.75. The molecule has 0 amide bonds. The summed E-state index contributed by atoms with van der Waals surface area (Å²) in [4.78, 5) is 25.0. The zero-order valence-electron chi connectivity index (χ0n) is 15.9. The van der Waals surface area contributed by atoms with Gasteiger partial charge >= 0.3 is 0 Å². The Balaban J connectivity index is 1.33. The molecule has 3 aromatic rings. The number of nitrogens with zero attached hydrogens (tertiary/aromatic N) is 8. The number of aromatic nitrogens is 6. The molecule has 2 aliphatic heterocycles. The van der Waals surface area contributed by atoms with Gasteiger partial charge in [-0.2, -0.15) is 10.1 Å². The molecule has 0 atom stereocenters. The highest BCUT2D eigenvalue weighted by molar-refractivity contribution is 5.86. The molecule has 2 saturated heterocycles. The highest BCUT2D eigenvalue weighted by Gasteiger charge is 2.23. The van der Waals surface area contributed by atoms with E-state index in [0.29, 0.717) is 0 Å². The number of fused-ring (bicyclic) bond motifs is 1. The standard InChI is InChI=1S/C18H23N9O/c1-13-10-15(25-6-8-28-9-7-25)23-18(22-13)27-4-2-26(3-5-27)17-14-11-21-24-16(14)19-12-20-17/h10-12H,2-9H2,1H3,(H,19,20,21,24). The summed E-state index contributed by atoms with van der Waals surface area (Å²) in [7, 11) is 0. The van der Waals surface area contributed by atoms with E-state index in [0.717, 1.165) is 86.8 Å². The monoisotopic (exact) mass is 381 g/mol. The van der Waals surface area contributed by atoms with Gasteiger partial charge in [0.15, 0.2) is 5.65 Å². The summed E-state index contributed by atoms with van der Waals surface area (Å²) < 4.78 is 5.46. The molecule has 3 aromatic heterocycles. The first-order chi connectivity index (χ1) is 13.8. The van der Waals surface area contributed by atoms with Crippen LogP contribution in [0, 0.1) is 6.92 Å². The number of aromatic amines is 1. The lowest BCUT2D eigenvalue weighted by Gasteiger charge is -2.36. The number of anilines is 3. The number of nitrogens with one attached hydrogen (secondary N) is 1. The fraction of sp³-hybridized carbons (Fsp3) is 0.500. The van der Waals surface area contributed by atoms with Crippen LogP contribution in [0.3, 0.4) is 0 Å². The van der Waals surface area contributed by atoms with Crippen molar-refractivity contribution >= 4 is 28.6 Å². The topological polar surface area (TPSA) is 99.2 Å². The maximum Gasteiger partial charge on any atom is 0.227 e. The van der Waals surface area contributed by atoms with Crippen molar-refractivity contribution in [3.05, 3.63) is 24.3 Å². The van der Waals surface area contributed by atoms with Gasteiger partial charge in [-0.05, 0) is 6.92 Å². The number of hydrogen-bond donors (Lipinski definition) is 1. The third kappa shape index (κ3) is 3.19. The quantitative estimate of drug-likeness (QED) is 0.700. The van der Waals surface area contributed by atoms with Crippen molar-refractivity contribution in [2.45, 2.75) is 6.92 Å². The SMILES string of the molecule is Cc1cc(N2CCOCC2)nc(N2CCN(c3ncnc4[nH]ncc34)CC2)n1. The van der Waals surface area contributed by atoms with Gasteiger partial charge in [0.2, 0.25) is 5.95 Å². The lowest BCUT2D eigenvalue weighted by molar-refractivity contribution is 0.122. The van der Waals surface area contributed by atoms with E-state index in [-0.39, 0.29) is 0 Å². The molecule has 0 saturated carbocycles. The van der Waals surface area contributed by atoms with E-state index < -0.39 is 0 Å². The summed E-state index contributed by atoms with van der Waals surface area (Å²) >= 11 is 0. The van der Waals surface area contributed by atoms with Crippen LogP contribution in [0.4, 0.5) is 17.6 Å². The van der Waals surface area contributed by atoms with E-state index in [9.17, 15) is 0 Å². The van der Waals surface area contributed by atoms with Crippen LogP contribution in [0.1, 0.15) is 5.69 Å². The number of morpholine rings is 1. The first kappa shape index (κ1) is 17.1. The van der Waals surface area contributed by atoms with Crippen LogP contribution in [0.25, 0.3) is 11.0 Å². The van der Waals surface area contributed by atoms with Crippen molar-refractivity contribution in [2.75, 3.05) is 67.2 Å². The van der Waals surface area contributed by atoms with Gasteiger partial charge in [-0.1, -0.05) is 0 Å². The van der Waals surface area contributed by atoms with E-state index >= 15 is 0 Å². The minimum absolute atomic E-state index is 0.748. The summed E-state index contributed by atoms with van der Waals surface area (Å²) in [6.45, 7) is 8.66. The molecular weight excluding hydrogens is 358 g/mol. The molecule has 28 heavy (non-hydrogen) atoms. The molecule has 5 rings (SSSR count). The molecule has 1 N–H and O–H groups in total. The van der Waals surface area contributed by atoms with Crippen molar-refractivity contribution < 1.29 is 4.74 Å². The Morgan fingerprint density at radius 1 is 0.929 bits per heavy atom. The molecule has 2 aliphatic rings. The maximum atomic E-state index is 5.46. The van der Waals surface area contributed by atoms with E-state index in [1.54, 1.807) is 12.5 Å². The second kappa shape index (κ2) is 7.19. The Morgan fingerprint density at radius 2 is 1.71 bits per heavy atom. The third-order valence-electron chi connectivity index (χ3n) is 5.25. The van der Waals surface area contributed by atoms with Crippen LogP contribution >= 0.6 is 0 Å². The molecule has 0 bridgehead atoms. The Morgan fingerprint density at radius 3 is 2.54 bits per heavy atom. The first-order valence-corrected chi connectivity index (χ1v) is 9.60. The molecule has 0 radical (unpaired) electrons. The fourth-order valence-electron chi connectivity index (χ4n) is 3.75. The predicted molar refractivity (Wildman–Crippen MR) is 106 cm³/mol. The molecule has 0 aromatic carbocycles. The van der Waals surface area contributed by atoms with Gasteiger partial charge in [0.1, 0.15) is 18.0 Å². The van der Waals surface area contributed by atoms with Gasteiger partial charge in [0.05, 0.1) is 24.8 Å². The van der Waals surface area contributed by atoms with Gasteiger partial charge in [-0.25, -0.2) is 15.0 Å². The Labute approximate surface area is 162 Å².